The Balaban J connectivity index is 0.00000455. The van der Waals surface area contributed by atoms with E-state index in [9.17, 15) is 0 Å². The number of aromatic amines is 2. The number of aromatic nitrogens is 8. The van der Waals surface area contributed by atoms with Gasteiger partial charge in [-0.15, -0.1) is 0 Å². The molecule has 0 unspecified atom stereocenters. The average Bonchev–Trinajstić information content (AvgIpc) is 3.84. The van der Waals surface area contributed by atoms with Crippen molar-refractivity contribution in [3.8, 4) is 45.6 Å². The van der Waals surface area contributed by atoms with E-state index in [1.54, 1.807) is 0 Å². The standard InChI is InChI=1S/C48H50N8.Pd/c1-45(2,3)33-31-32(34(46(4,5)6)36(48(10,11)12)35(33)47(7,8)9)44-55-42-30-24-18-16-22-28(30)40(53-42)51-38-26-20-14-13-19-25(26)37(49-38)50-39-27-21-15-17-23-29(27)41(52-39)54-43(31)56-44;/h13-24H,1-12H3,(H2,49,50,51,52,53,54,55,56);/q;+2. The molecule has 2 N–H and O–H groups in total. The monoisotopic (exact) mass is 844 g/mol. The van der Waals surface area contributed by atoms with E-state index < -0.39 is 0 Å². The van der Waals surface area contributed by atoms with E-state index in [0.29, 0.717) is 34.6 Å². The predicted molar refractivity (Wildman–Crippen MR) is 231 cm³/mol. The van der Waals surface area contributed by atoms with Crippen LogP contribution in [0.25, 0.3) is 89.7 Å². The summed E-state index contributed by atoms with van der Waals surface area (Å²) in [6, 6.07) is 24.6. The number of rotatable bonds is 0. The fourth-order valence-corrected chi connectivity index (χ4v) is 8.90. The van der Waals surface area contributed by atoms with Crippen LogP contribution in [0.5, 0.6) is 0 Å². The topological polar surface area (TPSA) is 109 Å². The largest absolute Gasteiger partial charge is 2.00 e. The van der Waals surface area contributed by atoms with Crippen LogP contribution in [0.2, 0.25) is 0 Å². The average molecular weight is 845 g/mol. The normalized spacial score (nSPS) is 13.1. The predicted octanol–water partition coefficient (Wildman–Crippen LogP) is 12.1. The van der Waals surface area contributed by atoms with Gasteiger partial charge < -0.3 is 9.97 Å². The fourth-order valence-electron chi connectivity index (χ4n) is 8.90. The molecule has 5 heterocycles. The Hall–Kier alpha value is -5.10. The van der Waals surface area contributed by atoms with Gasteiger partial charge in [-0.2, -0.15) is 0 Å². The van der Waals surface area contributed by atoms with Gasteiger partial charge in [0.25, 0.3) is 0 Å². The summed E-state index contributed by atoms with van der Waals surface area (Å²) < 4.78 is 0. The molecule has 0 spiro atoms. The molecule has 9 heteroatoms. The van der Waals surface area contributed by atoms with E-state index in [1.807, 2.05) is 36.4 Å². The molecule has 4 aromatic carbocycles. The second-order valence-corrected chi connectivity index (χ2v) is 19.5. The molecule has 8 nitrogen and oxygen atoms in total. The van der Waals surface area contributed by atoms with Gasteiger partial charge in [-0.3, -0.25) is 0 Å². The number of fused-ring (bicyclic) bond motifs is 20. The van der Waals surface area contributed by atoms with Crippen molar-refractivity contribution >= 4 is 44.1 Å². The van der Waals surface area contributed by atoms with Gasteiger partial charge in [0.2, 0.25) is 0 Å². The molecule has 0 saturated carbocycles. The van der Waals surface area contributed by atoms with Crippen LogP contribution in [-0.4, -0.2) is 39.9 Å². The van der Waals surface area contributed by atoms with Gasteiger partial charge >= 0.3 is 20.4 Å². The van der Waals surface area contributed by atoms with Gasteiger partial charge in [0, 0.05) is 43.8 Å². The maximum Gasteiger partial charge on any atom is 2.00 e. The van der Waals surface area contributed by atoms with Crippen LogP contribution in [0.15, 0.2) is 72.8 Å². The maximum atomic E-state index is 5.53. The third-order valence-electron chi connectivity index (χ3n) is 11.0. The summed E-state index contributed by atoms with van der Waals surface area (Å²) >= 11 is 0. The Labute approximate surface area is 348 Å². The Morgan fingerprint density at radius 2 is 0.596 bits per heavy atom. The van der Waals surface area contributed by atoms with Crippen molar-refractivity contribution < 1.29 is 20.4 Å². The molecule has 0 aliphatic carbocycles. The summed E-state index contributed by atoms with van der Waals surface area (Å²) in [6.45, 7) is 28.0. The van der Waals surface area contributed by atoms with Crippen molar-refractivity contribution in [1.29, 1.82) is 0 Å². The van der Waals surface area contributed by atoms with Gasteiger partial charge in [-0.25, -0.2) is 29.9 Å². The molecule has 0 fully saturated rings. The zero-order valence-electron chi connectivity index (χ0n) is 34.9. The van der Waals surface area contributed by atoms with E-state index in [-0.39, 0.29) is 42.1 Å². The smallest absolute Gasteiger partial charge is 0.324 e. The minimum absolute atomic E-state index is 0. The van der Waals surface area contributed by atoms with Crippen molar-refractivity contribution in [2.45, 2.75) is 105 Å². The molecule has 2 aliphatic heterocycles. The summed E-state index contributed by atoms with van der Waals surface area (Å²) in [7, 11) is 0. The molecule has 2 aliphatic rings. The zero-order valence-corrected chi connectivity index (χ0v) is 36.5. The van der Waals surface area contributed by atoms with E-state index >= 15 is 0 Å². The Morgan fingerprint density at radius 1 is 0.333 bits per heavy atom. The van der Waals surface area contributed by atoms with Crippen molar-refractivity contribution in [3.63, 3.8) is 0 Å². The first-order chi connectivity index (χ1) is 26.3. The molecule has 8 bridgehead atoms. The zero-order chi connectivity index (χ0) is 39.7. The Bertz CT molecular complexity index is 2760. The number of nitrogens with one attached hydrogen (secondary N) is 2. The van der Waals surface area contributed by atoms with E-state index in [4.69, 9.17) is 29.9 Å². The SMILES string of the molecule is CC(C)(C)c1c(C(C)(C)C)c(C(C)(C)C)c2c3nc4nc(nc5[nH]c(nc6nc(nc([nH]3)c2c1C(C)(C)C)-c1ccccc1-6)c1ccccc51)-c1ccccc1-4.[Pd+2]. The van der Waals surface area contributed by atoms with Crippen LogP contribution >= 0.6 is 0 Å². The van der Waals surface area contributed by atoms with Crippen molar-refractivity contribution in [1.82, 2.24) is 39.9 Å². The third kappa shape index (κ3) is 6.22. The van der Waals surface area contributed by atoms with Gasteiger partial charge in [0.05, 0.1) is 0 Å². The molecule has 9 rings (SSSR count). The molecule has 290 valence electrons. The molecule has 0 saturated heterocycles. The van der Waals surface area contributed by atoms with Gasteiger partial charge in [-0.05, 0) is 43.9 Å². The van der Waals surface area contributed by atoms with Gasteiger partial charge in [0.15, 0.2) is 23.3 Å². The van der Waals surface area contributed by atoms with Crippen LogP contribution in [0, 0.1) is 0 Å². The number of hydrogen-bond donors (Lipinski definition) is 2. The molecule has 7 aromatic rings. The first-order valence-corrected chi connectivity index (χ1v) is 19.7. The van der Waals surface area contributed by atoms with Crippen molar-refractivity contribution in [2.75, 3.05) is 0 Å². The van der Waals surface area contributed by atoms with Crippen LogP contribution in [0.1, 0.15) is 105 Å². The number of hydrogen-bond acceptors (Lipinski definition) is 6. The van der Waals surface area contributed by atoms with Crippen molar-refractivity contribution in [3.05, 3.63) is 95.1 Å². The van der Waals surface area contributed by atoms with E-state index in [0.717, 1.165) is 55.1 Å². The second kappa shape index (κ2) is 13.0. The van der Waals surface area contributed by atoms with Crippen LogP contribution in [-0.2, 0) is 42.1 Å². The van der Waals surface area contributed by atoms with Crippen LogP contribution < -0.4 is 0 Å². The number of benzene rings is 4. The first-order valence-electron chi connectivity index (χ1n) is 19.7. The summed E-state index contributed by atoms with van der Waals surface area (Å²) in [5.41, 5.74) is 10.9. The van der Waals surface area contributed by atoms with Crippen LogP contribution in [0.4, 0.5) is 0 Å². The van der Waals surface area contributed by atoms with E-state index in [2.05, 4.69) is 129 Å². The first kappa shape index (κ1) is 38.8. The summed E-state index contributed by atoms with van der Waals surface area (Å²) in [6.07, 6.45) is 0. The quantitative estimate of drug-likeness (QED) is 0.147. The molecule has 0 radical (unpaired) electrons. The summed E-state index contributed by atoms with van der Waals surface area (Å²) in [4.78, 5) is 39.2. The molecule has 0 amide bonds. The second-order valence-electron chi connectivity index (χ2n) is 19.5. The maximum absolute atomic E-state index is 5.53. The van der Waals surface area contributed by atoms with Crippen LogP contribution in [0.3, 0.4) is 0 Å². The fraction of sp³-hybridized carbons (Fsp3) is 0.333. The van der Waals surface area contributed by atoms with E-state index in [1.165, 1.54) is 22.3 Å². The Kier molecular flexibility index (Phi) is 8.81. The molecule has 57 heavy (non-hydrogen) atoms. The number of nitrogens with zero attached hydrogens (tertiary/aromatic N) is 6. The van der Waals surface area contributed by atoms with Gasteiger partial charge in [-0.1, -0.05) is 156 Å². The summed E-state index contributed by atoms with van der Waals surface area (Å²) in [5.74, 6) is 2.41. The molecular weight excluding hydrogens is 795 g/mol. The molecule has 3 aromatic heterocycles. The summed E-state index contributed by atoms with van der Waals surface area (Å²) in [5, 5.41) is 4.06. The molecular formula is C48H50N8Pd+2. The Morgan fingerprint density at radius 3 is 0.895 bits per heavy atom. The number of H-pyrrole nitrogens is 2. The minimum Gasteiger partial charge on any atom is -0.324 e. The molecule has 0 atom stereocenters. The van der Waals surface area contributed by atoms with Gasteiger partial charge in [0.1, 0.15) is 22.6 Å². The van der Waals surface area contributed by atoms with Crippen molar-refractivity contribution in [2.24, 2.45) is 0 Å². The third-order valence-corrected chi connectivity index (χ3v) is 11.0. The minimum atomic E-state index is -0.259.